The maximum Gasteiger partial charge on any atom is 0.313 e. The minimum atomic E-state index is -1.13. The maximum absolute atomic E-state index is 13.9. The number of likely N-dealkylation sites (tertiary alicyclic amines) is 1. The van der Waals surface area contributed by atoms with Crippen LogP contribution in [0, 0.1) is 11.2 Å². The molecule has 1 fully saturated rings. The summed E-state index contributed by atoms with van der Waals surface area (Å²) in [7, 11) is 0. The smallest absolute Gasteiger partial charge is 0.313 e. The second kappa shape index (κ2) is 7.55. The van der Waals surface area contributed by atoms with E-state index in [0.717, 1.165) is 5.56 Å². The highest BCUT2D eigenvalue weighted by Gasteiger charge is 2.48. The Kier molecular flexibility index (Phi) is 5.38. The third kappa shape index (κ3) is 3.50. The molecule has 2 heterocycles. The third-order valence-electron chi connectivity index (χ3n) is 5.13. The lowest BCUT2D eigenvalue weighted by molar-refractivity contribution is -0.164. The molecule has 26 heavy (non-hydrogen) atoms. The molecule has 0 aliphatic carbocycles. The van der Waals surface area contributed by atoms with Gasteiger partial charge < -0.3 is 10.2 Å². The van der Waals surface area contributed by atoms with Crippen molar-refractivity contribution in [3.63, 3.8) is 0 Å². The number of benzene rings is 1. The van der Waals surface area contributed by atoms with E-state index in [2.05, 4.69) is 5.10 Å². The van der Waals surface area contributed by atoms with Gasteiger partial charge in [-0.25, -0.2) is 9.07 Å². The molecular formula is C19H24FN3O3. The fraction of sp³-hybridized carbons (Fsp3) is 0.474. The predicted molar refractivity (Wildman–Crippen MR) is 94.4 cm³/mol. The number of aliphatic carboxylic acids is 1. The maximum atomic E-state index is 13.9. The van der Waals surface area contributed by atoms with Crippen LogP contribution in [-0.2, 0) is 11.3 Å². The number of rotatable bonds is 6. The number of carbonyl (C=O) groups is 1. The molecule has 1 saturated heterocycles. The van der Waals surface area contributed by atoms with Crippen molar-refractivity contribution in [2.24, 2.45) is 5.41 Å². The molecule has 3 rings (SSSR count). The summed E-state index contributed by atoms with van der Waals surface area (Å²) in [5.41, 5.74) is 0.119. The van der Waals surface area contributed by atoms with Gasteiger partial charge in [0, 0.05) is 31.4 Å². The zero-order valence-electron chi connectivity index (χ0n) is 14.8. The number of para-hydroxylation sites is 1. The van der Waals surface area contributed by atoms with Crippen LogP contribution in [0.3, 0.4) is 0 Å². The van der Waals surface area contributed by atoms with Crippen molar-refractivity contribution in [1.29, 1.82) is 0 Å². The molecule has 0 saturated carbocycles. The van der Waals surface area contributed by atoms with E-state index in [9.17, 15) is 19.4 Å². The zero-order valence-corrected chi connectivity index (χ0v) is 14.8. The van der Waals surface area contributed by atoms with Crippen molar-refractivity contribution in [3.05, 3.63) is 48.0 Å². The Hall–Kier alpha value is -2.25. The van der Waals surface area contributed by atoms with Gasteiger partial charge in [0.1, 0.15) is 16.9 Å². The second-order valence-electron chi connectivity index (χ2n) is 6.97. The van der Waals surface area contributed by atoms with Crippen LogP contribution >= 0.6 is 0 Å². The van der Waals surface area contributed by atoms with Crippen LogP contribution < -0.4 is 0 Å². The molecule has 0 bridgehead atoms. The molecule has 2 N–H and O–H groups in total. The summed E-state index contributed by atoms with van der Waals surface area (Å²) in [4.78, 5) is 13.9. The van der Waals surface area contributed by atoms with Gasteiger partial charge in [-0.2, -0.15) is 5.10 Å². The lowest BCUT2D eigenvalue weighted by Crippen LogP contribution is -2.55. The van der Waals surface area contributed by atoms with Gasteiger partial charge in [-0.05, 0) is 25.0 Å². The highest BCUT2D eigenvalue weighted by Crippen LogP contribution is 2.36. The van der Waals surface area contributed by atoms with E-state index >= 15 is 0 Å². The minimum Gasteiger partial charge on any atom is -0.481 e. The first-order valence-electron chi connectivity index (χ1n) is 8.88. The van der Waals surface area contributed by atoms with E-state index in [4.69, 9.17) is 0 Å². The fourth-order valence-corrected chi connectivity index (χ4v) is 3.78. The molecule has 2 aromatic rings. The Morgan fingerprint density at radius 1 is 1.42 bits per heavy atom. The SMILES string of the molecule is CCC[C@@]1(C(=O)O)CN(Cc2cnn(-c3ccccc3F)c2)CC[C@H]1O. The third-order valence-corrected chi connectivity index (χ3v) is 5.13. The van der Waals surface area contributed by atoms with Gasteiger partial charge in [-0.1, -0.05) is 25.5 Å². The number of hydrogen-bond acceptors (Lipinski definition) is 4. The monoisotopic (exact) mass is 361 g/mol. The van der Waals surface area contributed by atoms with Crippen LogP contribution in [0.4, 0.5) is 4.39 Å². The second-order valence-corrected chi connectivity index (χ2v) is 6.97. The van der Waals surface area contributed by atoms with Crippen molar-refractivity contribution >= 4 is 5.97 Å². The topological polar surface area (TPSA) is 78.6 Å². The van der Waals surface area contributed by atoms with Crippen molar-refractivity contribution in [3.8, 4) is 5.69 Å². The number of halogens is 1. The van der Waals surface area contributed by atoms with Gasteiger partial charge in [0.05, 0.1) is 12.3 Å². The van der Waals surface area contributed by atoms with Gasteiger partial charge in [0.15, 0.2) is 0 Å². The number of carboxylic acid groups (broad SMARTS) is 1. The first kappa shape index (κ1) is 18.5. The Labute approximate surface area is 151 Å². The van der Waals surface area contributed by atoms with E-state index in [0.29, 0.717) is 44.6 Å². The summed E-state index contributed by atoms with van der Waals surface area (Å²) in [6.45, 7) is 3.35. The molecule has 0 radical (unpaired) electrons. The van der Waals surface area contributed by atoms with E-state index in [1.54, 1.807) is 30.6 Å². The van der Waals surface area contributed by atoms with Crippen molar-refractivity contribution in [1.82, 2.24) is 14.7 Å². The summed E-state index contributed by atoms with van der Waals surface area (Å²) < 4.78 is 15.4. The quantitative estimate of drug-likeness (QED) is 0.826. The van der Waals surface area contributed by atoms with Crippen LogP contribution in [-0.4, -0.2) is 50.1 Å². The molecule has 0 unspecified atom stereocenters. The molecule has 140 valence electrons. The Bertz CT molecular complexity index is 779. The van der Waals surface area contributed by atoms with Crippen LogP contribution in [0.1, 0.15) is 31.7 Å². The lowest BCUT2D eigenvalue weighted by Gasteiger charge is -2.43. The summed E-state index contributed by atoms with van der Waals surface area (Å²) in [5.74, 6) is -1.30. The summed E-state index contributed by atoms with van der Waals surface area (Å²) in [6.07, 6.45) is 4.15. The molecule has 6 nitrogen and oxygen atoms in total. The molecule has 1 aromatic heterocycles. The molecular weight excluding hydrogens is 337 g/mol. The standard InChI is InChI=1S/C19H24FN3O3/c1-2-8-19(18(25)26)13-22(9-7-17(19)24)11-14-10-21-23(12-14)16-6-4-3-5-15(16)20/h3-6,10,12,17,24H,2,7-9,11,13H2,1H3,(H,25,26)/t17-,19-/m1/s1. The molecule has 1 aliphatic heterocycles. The van der Waals surface area contributed by atoms with Gasteiger partial charge >= 0.3 is 5.97 Å². The number of hydrogen-bond donors (Lipinski definition) is 2. The number of piperidine rings is 1. The fourth-order valence-electron chi connectivity index (χ4n) is 3.78. The largest absolute Gasteiger partial charge is 0.481 e. The summed E-state index contributed by atoms with van der Waals surface area (Å²) in [5, 5.41) is 24.3. The zero-order chi connectivity index (χ0) is 18.7. The highest BCUT2D eigenvalue weighted by molar-refractivity contribution is 5.76. The molecule has 1 aliphatic rings. The van der Waals surface area contributed by atoms with Gasteiger partial charge in [-0.15, -0.1) is 0 Å². The van der Waals surface area contributed by atoms with Crippen molar-refractivity contribution < 1.29 is 19.4 Å². The van der Waals surface area contributed by atoms with Crippen molar-refractivity contribution in [2.75, 3.05) is 13.1 Å². The molecule has 0 spiro atoms. The Morgan fingerprint density at radius 2 is 2.19 bits per heavy atom. The minimum absolute atomic E-state index is 0.294. The number of aromatic nitrogens is 2. The Balaban J connectivity index is 1.75. The lowest BCUT2D eigenvalue weighted by atomic mass is 9.74. The average Bonchev–Trinajstić information content (AvgIpc) is 3.06. The highest BCUT2D eigenvalue weighted by atomic mass is 19.1. The first-order valence-corrected chi connectivity index (χ1v) is 8.88. The van der Waals surface area contributed by atoms with E-state index in [1.165, 1.54) is 10.7 Å². The van der Waals surface area contributed by atoms with E-state index < -0.39 is 17.5 Å². The predicted octanol–water partition coefficient (Wildman–Crippen LogP) is 2.45. The summed E-state index contributed by atoms with van der Waals surface area (Å²) >= 11 is 0. The van der Waals surface area contributed by atoms with Crippen LogP contribution in [0.25, 0.3) is 5.69 Å². The molecule has 2 atom stereocenters. The normalized spacial score (nSPS) is 23.9. The molecule has 0 amide bonds. The van der Waals surface area contributed by atoms with Gasteiger partial charge in [0.25, 0.3) is 0 Å². The van der Waals surface area contributed by atoms with Gasteiger partial charge in [-0.3, -0.25) is 9.69 Å². The van der Waals surface area contributed by atoms with Crippen molar-refractivity contribution in [2.45, 2.75) is 38.8 Å². The molecule has 1 aromatic carbocycles. The molecule has 7 heteroatoms. The first-order chi connectivity index (χ1) is 12.5. The average molecular weight is 361 g/mol. The van der Waals surface area contributed by atoms with E-state index in [-0.39, 0.29) is 5.82 Å². The summed E-state index contributed by atoms with van der Waals surface area (Å²) in [6, 6.07) is 6.41. The number of nitrogens with zero attached hydrogens (tertiary/aromatic N) is 3. The van der Waals surface area contributed by atoms with E-state index in [1.807, 2.05) is 11.8 Å². The van der Waals surface area contributed by atoms with Crippen LogP contribution in [0.5, 0.6) is 0 Å². The number of aliphatic hydroxyl groups excluding tert-OH is 1. The van der Waals surface area contributed by atoms with Crippen LogP contribution in [0.15, 0.2) is 36.7 Å². The van der Waals surface area contributed by atoms with Crippen LogP contribution in [0.2, 0.25) is 0 Å². The number of carboxylic acids is 1. The van der Waals surface area contributed by atoms with Gasteiger partial charge in [0.2, 0.25) is 0 Å². The Morgan fingerprint density at radius 3 is 2.88 bits per heavy atom. The number of aliphatic hydroxyl groups is 1.